The molecule has 0 aromatic heterocycles. The summed E-state index contributed by atoms with van der Waals surface area (Å²) in [7, 11) is -3.78. The van der Waals surface area contributed by atoms with E-state index >= 15 is 0 Å². The number of benzene rings is 3. The van der Waals surface area contributed by atoms with Gasteiger partial charge in [-0.05, 0) is 54.3 Å². The lowest BCUT2D eigenvalue weighted by molar-refractivity contribution is -0.116. The predicted octanol–water partition coefficient (Wildman–Crippen LogP) is 3.73. The molecule has 0 saturated carbocycles. The molecule has 2 amide bonds. The molecule has 0 saturated heterocycles. The van der Waals surface area contributed by atoms with Gasteiger partial charge < -0.3 is 10.6 Å². The second kappa shape index (κ2) is 9.42. The van der Waals surface area contributed by atoms with Crippen LogP contribution in [0.4, 0.5) is 0 Å². The second-order valence-electron chi connectivity index (χ2n) is 7.86. The number of aryl methyl sites for hydroxylation is 1. The molecule has 0 atom stereocenters. The number of carbonyl (C=O) groups excluding carboxylic acids is 2. The van der Waals surface area contributed by atoms with Crippen LogP contribution in [0.2, 0.25) is 0 Å². The van der Waals surface area contributed by atoms with E-state index in [1.54, 1.807) is 30.3 Å². The number of fused-ring (bicyclic) bond motifs is 1. The van der Waals surface area contributed by atoms with E-state index in [4.69, 9.17) is 0 Å². The highest BCUT2D eigenvalue weighted by Crippen LogP contribution is 2.32. The summed E-state index contributed by atoms with van der Waals surface area (Å²) in [6.07, 6.45) is 1.86. The van der Waals surface area contributed by atoms with Crippen LogP contribution in [0.5, 0.6) is 0 Å². The van der Waals surface area contributed by atoms with Crippen molar-refractivity contribution in [3.8, 4) is 11.1 Å². The van der Waals surface area contributed by atoms with Crippen LogP contribution in [0, 0.1) is 6.92 Å². The average molecular weight is 461 g/mol. The number of nitrogens with one attached hydrogen (secondary N) is 2. The molecule has 0 spiro atoms. The predicted molar refractivity (Wildman–Crippen MR) is 128 cm³/mol. The average Bonchev–Trinajstić information content (AvgIpc) is 3.10. The summed E-state index contributed by atoms with van der Waals surface area (Å²) in [5.74, 6) is -0.836. The maximum absolute atomic E-state index is 12.5. The summed E-state index contributed by atoms with van der Waals surface area (Å²) in [4.78, 5) is 24.6. The number of carbonyl (C=O) groups is 2. The van der Waals surface area contributed by atoms with E-state index in [0.29, 0.717) is 24.1 Å². The second-order valence-corrected chi connectivity index (χ2v) is 9.75. The maximum Gasteiger partial charge on any atom is 0.263 e. The minimum absolute atomic E-state index is 0.149. The summed E-state index contributed by atoms with van der Waals surface area (Å²) < 4.78 is 25.0. The SMILES string of the molecule is Cc1ccc(-c2ccc(C(=O)NCCCNC(=O)C3=Cc4ccccc4S3(=O)=O)cc2)cc1. The lowest BCUT2D eigenvalue weighted by Gasteiger charge is -2.08. The lowest BCUT2D eigenvalue weighted by Crippen LogP contribution is -2.31. The topological polar surface area (TPSA) is 92.3 Å². The Kier molecular flexibility index (Phi) is 6.42. The van der Waals surface area contributed by atoms with Gasteiger partial charge in [0.15, 0.2) is 0 Å². The molecule has 1 heterocycles. The maximum atomic E-state index is 12.5. The fourth-order valence-corrected chi connectivity index (χ4v) is 5.14. The van der Waals surface area contributed by atoms with Gasteiger partial charge in [0, 0.05) is 18.7 Å². The Balaban J connectivity index is 1.24. The van der Waals surface area contributed by atoms with Gasteiger partial charge in [0.05, 0.1) is 4.90 Å². The molecule has 168 valence electrons. The quantitative estimate of drug-likeness (QED) is 0.526. The third-order valence-corrected chi connectivity index (χ3v) is 7.30. The van der Waals surface area contributed by atoms with Gasteiger partial charge in [-0.3, -0.25) is 9.59 Å². The van der Waals surface area contributed by atoms with E-state index < -0.39 is 15.7 Å². The Bertz CT molecular complexity index is 1330. The molecule has 1 aliphatic rings. The summed E-state index contributed by atoms with van der Waals surface area (Å²) in [5, 5.41) is 5.44. The van der Waals surface area contributed by atoms with Crippen LogP contribution < -0.4 is 10.6 Å². The molecule has 4 rings (SSSR count). The molecule has 3 aromatic rings. The molecule has 33 heavy (non-hydrogen) atoms. The van der Waals surface area contributed by atoms with Crippen LogP contribution in [0.3, 0.4) is 0 Å². The lowest BCUT2D eigenvalue weighted by atomic mass is 10.0. The summed E-state index contributed by atoms with van der Waals surface area (Å²) in [5.41, 5.74) is 4.38. The standard InChI is InChI=1S/C26H24N2O4S/c1-18-7-9-19(10-8-18)20-11-13-21(14-12-20)25(29)27-15-4-16-28-26(30)24-17-22-5-2-3-6-23(22)33(24,31)32/h2-3,5-14,17H,4,15-16H2,1H3,(H,27,29)(H,28,30). The van der Waals surface area contributed by atoms with Gasteiger partial charge in [-0.25, -0.2) is 8.42 Å². The molecule has 0 aliphatic carbocycles. The highest BCUT2D eigenvalue weighted by molar-refractivity contribution is 7.96. The Morgan fingerprint density at radius 1 is 0.758 bits per heavy atom. The minimum Gasteiger partial charge on any atom is -0.352 e. The Hall–Kier alpha value is -3.71. The number of hydrogen-bond donors (Lipinski definition) is 2. The smallest absolute Gasteiger partial charge is 0.263 e. The monoisotopic (exact) mass is 460 g/mol. The largest absolute Gasteiger partial charge is 0.352 e. The van der Waals surface area contributed by atoms with Crippen molar-refractivity contribution in [2.45, 2.75) is 18.2 Å². The van der Waals surface area contributed by atoms with Crippen molar-refractivity contribution in [1.29, 1.82) is 0 Å². The molecule has 0 radical (unpaired) electrons. The first-order valence-electron chi connectivity index (χ1n) is 10.7. The van der Waals surface area contributed by atoms with Crippen molar-refractivity contribution < 1.29 is 18.0 Å². The first-order valence-corrected chi connectivity index (χ1v) is 12.1. The van der Waals surface area contributed by atoms with Crippen LogP contribution in [-0.2, 0) is 14.6 Å². The molecule has 6 nitrogen and oxygen atoms in total. The van der Waals surface area contributed by atoms with Gasteiger partial charge in [0.1, 0.15) is 4.91 Å². The summed E-state index contributed by atoms with van der Waals surface area (Å²) >= 11 is 0. The normalized spacial score (nSPS) is 13.7. The Labute approximate surface area is 193 Å². The fraction of sp³-hybridized carbons (Fsp3) is 0.154. The zero-order valence-electron chi connectivity index (χ0n) is 18.2. The molecular formula is C26H24N2O4S. The molecule has 3 aromatic carbocycles. The molecular weight excluding hydrogens is 436 g/mol. The van der Waals surface area contributed by atoms with E-state index in [1.807, 2.05) is 43.3 Å². The molecule has 0 unspecified atom stereocenters. The van der Waals surface area contributed by atoms with Gasteiger partial charge in [-0.15, -0.1) is 0 Å². The summed E-state index contributed by atoms with van der Waals surface area (Å²) in [6.45, 7) is 2.63. The molecule has 2 N–H and O–H groups in total. The third kappa shape index (κ3) is 4.88. The van der Waals surface area contributed by atoms with E-state index in [0.717, 1.165) is 11.1 Å². The molecule has 0 fully saturated rings. The number of rotatable bonds is 7. The zero-order valence-corrected chi connectivity index (χ0v) is 19.0. The number of sulfone groups is 1. The molecule has 7 heteroatoms. The third-order valence-electron chi connectivity index (χ3n) is 5.47. The van der Waals surface area contributed by atoms with Crippen molar-refractivity contribution >= 4 is 27.7 Å². The van der Waals surface area contributed by atoms with Crippen molar-refractivity contribution in [2.75, 3.05) is 13.1 Å². The molecule has 1 aliphatic heterocycles. The van der Waals surface area contributed by atoms with E-state index in [9.17, 15) is 18.0 Å². The Morgan fingerprint density at radius 3 is 1.97 bits per heavy atom. The van der Waals surface area contributed by atoms with Crippen LogP contribution >= 0.6 is 0 Å². The van der Waals surface area contributed by atoms with Gasteiger partial charge in [-0.1, -0.05) is 60.2 Å². The Morgan fingerprint density at radius 2 is 1.33 bits per heavy atom. The fourth-order valence-electron chi connectivity index (χ4n) is 3.61. The van der Waals surface area contributed by atoms with E-state index in [2.05, 4.69) is 10.6 Å². The first kappa shape index (κ1) is 22.5. The van der Waals surface area contributed by atoms with E-state index in [1.165, 1.54) is 17.7 Å². The van der Waals surface area contributed by atoms with Crippen LogP contribution in [0.25, 0.3) is 17.2 Å². The van der Waals surface area contributed by atoms with E-state index in [-0.39, 0.29) is 22.3 Å². The van der Waals surface area contributed by atoms with Gasteiger partial charge in [-0.2, -0.15) is 0 Å². The van der Waals surface area contributed by atoms with Gasteiger partial charge in [0.2, 0.25) is 9.84 Å². The van der Waals surface area contributed by atoms with Crippen molar-refractivity contribution in [3.63, 3.8) is 0 Å². The van der Waals surface area contributed by atoms with Gasteiger partial charge in [0.25, 0.3) is 11.8 Å². The minimum atomic E-state index is -3.78. The van der Waals surface area contributed by atoms with Crippen molar-refractivity contribution in [2.24, 2.45) is 0 Å². The highest BCUT2D eigenvalue weighted by atomic mass is 32.2. The van der Waals surface area contributed by atoms with Crippen LogP contribution in [0.1, 0.15) is 27.9 Å². The van der Waals surface area contributed by atoms with Crippen LogP contribution in [0.15, 0.2) is 82.6 Å². The van der Waals surface area contributed by atoms with Crippen molar-refractivity contribution in [3.05, 3.63) is 94.4 Å². The number of hydrogen-bond acceptors (Lipinski definition) is 4. The van der Waals surface area contributed by atoms with Gasteiger partial charge >= 0.3 is 0 Å². The first-order chi connectivity index (χ1) is 15.9. The summed E-state index contributed by atoms with van der Waals surface area (Å²) in [6, 6.07) is 22.1. The zero-order chi connectivity index (χ0) is 23.4. The number of amides is 2. The molecule has 0 bridgehead atoms. The highest BCUT2D eigenvalue weighted by Gasteiger charge is 2.33. The van der Waals surface area contributed by atoms with Crippen LogP contribution in [-0.4, -0.2) is 33.3 Å². The van der Waals surface area contributed by atoms with Crippen molar-refractivity contribution in [1.82, 2.24) is 10.6 Å².